The van der Waals surface area contributed by atoms with Crippen LogP contribution in [0.3, 0.4) is 0 Å². The van der Waals surface area contributed by atoms with Crippen LogP contribution in [0.25, 0.3) is 10.9 Å². The molecular weight excluding hydrogens is 366 g/mol. The van der Waals surface area contributed by atoms with E-state index in [2.05, 4.69) is 34.4 Å². The first kappa shape index (κ1) is 18.5. The number of aromatic nitrogens is 1. The first-order valence-electron chi connectivity index (χ1n) is 8.17. The van der Waals surface area contributed by atoms with Gasteiger partial charge in [-0.15, -0.1) is 10.2 Å². The van der Waals surface area contributed by atoms with Crippen molar-refractivity contribution in [3.63, 3.8) is 0 Å². The fourth-order valence-corrected chi connectivity index (χ4v) is 2.72. The van der Waals surface area contributed by atoms with E-state index in [1.807, 2.05) is 24.3 Å². The second-order valence-corrected chi connectivity index (χ2v) is 6.60. The zero-order chi connectivity index (χ0) is 19.6. The molecule has 0 amide bonds. The molecule has 3 aromatic rings. The molecule has 0 aliphatic heterocycles. The van der Waals surface area contributed by atoms with Crippen LogP contribution in [0.2, 0.25) is 0 Å². The molecule has 0 atom stereocenters. The van der Waals surface area contributed by atoms with Gasteiger partial charge in [-0.25, -0.2) is 0 Å². The lowest BCUT2D eigenvalue weighted by Gasteiger charge is -2.07. The Morgan fingerprint density at radius 3 is 2.59 bits per heavy atom. The number of azo groups is 1. The number of benzene rings is 2. The maximum atomic E-state index is 10.9. The Morgan fingerprint density at radius 2 is 1.96 bits per heavy atom. The highest BCUT2D eigenvalue weighted by Gasteiger charge is 2.15. The minimum atomic E-state index is -0.516. The largest absolute Gasteiger partial charge is 0.493 e. The highest BCUT2D eigenvalue weighted by atomic mass is 32.1. The van der Waals surface area contributed by atoms with Gasteiger partial charge in [0, 0.05) is 23.2 Å². The summed E-state index contributed by atoms with van der Waals surface area (Å²) in [4.78, 5) is 13.1. The Hall–Kier alpha value is -3.33. The van der Waals surface area contributed by atoms with Crippen molar-refractivity contribution < 1.29 is 10.0 Å². The second kappa shape index (κ2) is 7.50. The van der Waals surface area contributed by atoms with Crippen molar-refractivity contribution in [1.29, 1.82) is 0 Å². The lowest BCUT2D eigenvalue weighted by atomic mass is 10.0. The number of hydrogen-bond donors (Lipinski definition) is 3. The molecule has 0 aliphatic rings. The zero-order valence-electron chi connectivity index (χ0n) is 14.6. The third-order valence-corrected chi connectivity index (χ3v) is 4.20. The van der Waals surface area contributed by atoms with E-state index in [-0.39, 0.29) is 22.4 Å². The molecule has 138 valence electrons. The summed E-state index contributed by atoms with van der Waals surface area (Å²) in [6, 6.07) is 11.9. The van der Waals surface area contributed by atoms with E-state index in [1.165, 1.54) is 23.8 Å². The minimum absolute atomic E-state index is 0.0907. The van der Waals surface area contributed by atoms with Crippen molar-refractivity contribution in [1.82, 2.24) is 4.98 Å². The van der Waals surface area contributed by atoms with Crippen LogP contribution in [0.4, 0.5) is 17.1 Å². The van der Waals surface area contributed by atoms with Crippen LogP contribution in [0.1, 0.15) is 25.3 Å². The van der Waals surface area contributed by atoms with Gasteiger partial charge in [-0.1, -0.05) is 26.0 Å². The van der Waals surface area contributed by atoms with E-state index in [4.69, 9.17) is 12.2 Å². The number of nitrogens with zero attached hydrogens (tertiary/aromatic N) is 3. The van der Waals surface area contributed by atoms with E-state index < -0.39 is 4.92 Å². The molecule has 9 heteroatoms. The van der Waals surface area contributed by atoms with Crippen molar-refractivity contribution in [2.45, 2.75) is 19.8 Å². The van der Waals surface area contributed by atoms with Gasteiger partial charge in [0.25, 0.3) is 5.69 Å². The number of rotatable bonds is 4. The summed E-state index contributed by atoms with van der Waals surface area (Å²) in [7, 11) is 0. The molecule has 8 nitrogen and oxygen atoms in total. The molecule has 0 aliphatic carbocycles. The summed E-state index contributed by atoms with van der Waals surface area (Å²) in [6.45, 7) is 4.22. The molecule has 0 bridgehead atoms. The molecule has 1 heterocycles. The number of aromatic hydroxyl groups is 1. The van der Waals surface area contributed by atoms with Gasteiger partial charge in [0.1, 0.15) is 0 Å². The highest BCUT2D eigenvalue weighted by molar-refractivity contribution is 7.80. The highest BCUT2D eigenvalue weighted by Crippen LogP contribution is 2.37. The van der Waals surface area contributed by atoms with Crippen LogP contribution in [0, 0.1) is 10.1 Å². The summed E-state index contributed by atoms with van der Waals surface area (Å²) < 4.78 is 0. The second-order valence-electron chi connectivity index (χ2n) is 6.22. The van der Waals surface area contributed by atoms with Crippen LogP contribution < -0.4 is 5.32 Å². The number of H-pyrrole nitrogens is 1. The van der Waals surface area contributed by atoms with Gasteiger partial charge < -0.3 is 15.4 Å². The molecule has 3 N–H and O–H groups in total. The Kier molecular flexibility index (Phi) is 5.13. The number of thiocarbonyl (C=S) groups is 1. The average molecular weight is 383 g/mol. The lowest BCUT2D eigenvalue weighted by molar-refractivity contribution is -0.384. The normalized spacial score (nSPS) is 11.4. The first-order valence-corrected chi connectivity index (χ1v) is 8.57. The van der Waals surface area contributed by atoms with Crippen molar-refractivity contribution >= 4 is 45.3 Å². The third-order valence-electron chi connectivity index (χ3n) is 4.02. The minimum Gasteiger partial charge on any atom is -0.493 e. The Labute approximate surface area is 160 Å². The summed E-state index contributed by atoms with van der Waals surface area (Å²) >= 11 is 5.16. The van der Waals surface area contributed by atoms with Gasteiger partial charge in [-0.2, -0.15) is 0 Å². The predicted octanol–water partition coefficient (Wildman–Crippen LogP) is 5.39. The number of aromatic amines is 1. The quantitative estimate of drug-likeness (QED) is 0.242. The van der Waals surface area contributed by atoms with E-state index in [1.54, 1.807) is 0 Å². The molecule has 27 heavy (non-hydrogen) atoms. The molecule has 1 aromatic heterocycles. The standard InChI is InChI=1S/C18H17N5O3S/c1-10(2)11-3-5-12(6-4-11)19-18(27)22-21-16-14-9-13(23(25)26)7-8-15(14)20-17(16)24/h3-10,20,24H,1-2H3,(H,19,27). The maximum Gasteiger partial charge on any atom is 0.270 e. The molecule has 0 radical (unpaired) electrons. The van der Waals surface area contributed by atoms with Crippen molar-refractivity contribution in [2.24, 2.45) is 10.2 Å². The Balaban J connectivity index is 1.80. The summed E-state index contributed by atoms with van der Waals surface area (Å²) in [5.74, 6) is 0.193. The number of fused-ring (bicyclic) bond motifs is 1. The average Bonchev–Trinajstić information content (AvgIpc) is 2.94. The molecule has 2 aromatic carbocycles. The number of nitro groups is 1. The predicted molar refractivity (Wildman–Crippen MR) is 108 cm³/mol. The van der Waals surface area contributed by atoms with Gasteiger partial charge in [0.05, 0.1) is 10.4 Å². The van der Waals surface area contributed by atoms with E-state index >= 15 is 0 Å². The molecule has 3 rings (SSSR count). The van der Waals surface area contributed by atoms with E-state index in [0.717, 1.165) is 5.69 Å². The maximum absolute atomic E-state index is 10.9. The number of nitro benzene ring substituents is 1. The zero-order valence-corrected chi connectivity index (χ0v) is 15.4. The van der Waals surface area contributed by atoms with Gasteiger partial charge in [-0.3, -0.25) is 10.1 Å². The van der Waals surface area contributed by atoms with Gasteiger partial charge in [0.2, 0.25) is 11.0 Å². The first-order chi connectivity index (χ1) is 12.8. The van der Waals surface area contributed by atoms with Crippen LogP contribution >= 0.6 is 12.2 Å². The number of non-ortho nitro benzene ring substituents is 1. The molecule has 0 unspecified atom stereocenters. The van der Waals surface area contributed by atoms with Crippen LogP contribution in [0.15, 0.2) is 52.7 Å². The Bertz CT molecular complexity index is 1040. The number of hydrogen-bond acceptors (Lipinski definition) is 5. The van der Waals surface area contributed by atoms with Gasteiger partial charge in [-0.05, 0) is 41.9 Å². The van der Waals surface area contributed by atoms with Gasteiger partial charge >= 0.3 is 0 Å². The summed E-state index contributed by atoms with van der Waals surface area (Å²) in [5, 5.41) is 32.2. The monoisotopic (exact) mass is 383 g/mol. The van der Waals surface area contributed by atoms with Crippen LogP contribution in [-0.2, 0) is 0 Å². The van der Waals surface area contributed by atoms with Gasteiger partial charge in [0.15, 0.2) is 5.69 Å². The summed E-state index contributed by atoms with van der Waals surface area (Å²) in [5.41, 5.74) is 2.47. The van der Waals surface area contributed by atoms with Crippen LogP contribution in [0.5, 0.6) is 5.88 Å². The lowest BCUT2D eigenvalue weighted by Crippen LogP contribution is -2.04. The topological polar surface area (TPSA) is 116 Å². The fourth-order valence-electron chi connectivity index (χ4n) is 2.56. The summed E-state index contributed by atoms with van der Waals surface area (Å²) in [6.07, 6.45) is 0. The number of nitrogens with one attached hydrogen (secondary N) is 2. The number of anilines is 1. The smallest absolute Gasteiger partial charge is 0.270 e. The van der Waals surface area contributed by atoms with Crippen molar-refractivity contribution in [2.75, 3.05) is 5.32 Å². The SMILES string of the molecule is CC(C)c1ccc(NC(=S)N=Nc2c(O)[nH]c3ccc([N+](=O)[O-])cc23)cc1. The third kappa shape index (κ3) is 4.09. The molecule has 0 saturated heterocycles. The fraction of sp³-hybridized carbons (Fsp3) is 0.167. The Morgan fingerprint density at radius 1 is 1.26 bits per heavy atom. The molecular formula is C18H17N5O3S. The molecule has 0 fully saturated rings. The van der Waals surface area contributed by atoms with E-state index in [0.29, 0.717) is 16.8 Å². The van der Waals surface area contributed by atoms with E-state index in [9.17, 15) is 15.2 Å². The van der Waals surface area contributed by atoms with Crippen LogP contribution in [-0.4, -0.2) is 20.1 Å². The molecule has 0 saturated carbocycles. The van der Waals surface area contributed by atoms with Crippen molar-refractivity contribution in [3.8, 4) is 5.88 Å². The molecule has 0 spiro atoms. The van der Waals surface area contributed by atoms with Crippen molar-refractivity contribution in [3.05, 3.63) is 58.1 Å².